The minimum atomic E-state index is -0.0291. The van der Waals surface area contributed by atoms with Gasteiger partial charge in [-0.1, -0.05) is 24.3 Å². The number of ether oxygens (including phenoxy) is 1. The summed E-state index contributed by atoms with van der Waals surface area (Å²) in [6.45, 7) is 0.0400. The first-order valence-electron chi connectivity index (χ1n) is 5.64. The van der Waals surface area contributed by atoms with E-state index in [1.54, 1.807) is 18.3 Å². The predicted octanol–water partition coefficient (Wildman–Crippen LogP) is 1.85. The average molecular weight is 242 g/mol. The second-order valence-electron chi connectivity index (χ2n) is 3.86. The lowest BCUT2D eigenvalue weighted by Crippen LogP contribution is -2.15. The van der Waals surface area contributed by atoms with E-state index in [1.165, 1.54) is 0 Å². The van der Waals surface area contributed by atoms with Crippen LogP contribution in [0, 0.1) is 0 Å². The van der Waals surface area contributed by atoms with Crippen LogP contribution < -0.4 is 10.5 Å². The SMILES string of the molecule is Nc1ncccc1CC(=O)COc1ccccc1. The van der Waals surface area contributed by atoms with Crippen LogP contribution in [0.5, 0.6) is 5.75 Å². The fourth-order valence-corrected chi connectivity index (χ4v) is 1.54. The smallest absolute Gasteiger partial charge is 0.174 e. The van der Waals surface area contributed by atoms with Gasteiger partial charge >= 0.3 is 0 Å². The van der Waals surface area contributed by atoms with Crippen molar-refractivity contribution in [3.05, 3.63) is 54.2 Å². The van der Waals surface area contributed by atoms with Gasteiger partial charge in [0, 0.05) is 18.2 Å². The minimum absolute atomic E-state index is 0.0291. The van der Waals surface area contributed by atoms with Gasteiger partial charge in [0.25, 0.3) is 0 Å². The second kappa shape index (κ2) is 5.82. The Kier molecular flexibility index (Phi) is 3.91. The molecule has 18 heavy (non-hydrogen) atoms. The lowest BCUT2D eigenvalue weighted by Gasteiger charge is -2.06. The van der Waals surface area contributed by atoms with Crippen LogP contribution in [-0.2, 0) is 11.2 Å². The number of benzene rings is 1. The summed E-state index contributed by atoms with van der Waals surface area (Å²) in [7, 11) is 0. The van der Waals surface area contributed by atoms with Crippen molar-refractivity contribution in [1.82, 2.24) is 4.98 Å². The standard InChI is InChI=1S/C14H14N2O2/c15-14-11(5-4-8-16-14)9-12(17)10-18-13-6-2-1-3-7-13/h1-8H,9-10H2,(H2,15,16). The lowest BCUT2D eigenvalue weighted by atomic mass is 10.1. The van der Waals surface area contributed by atoms with Crippen LogP contribution in [0.1, 0.15) is 5.56 Å². The number of ketones is 1. The van der Waals surface area contributed by atoms with Crippen LogP contribution in [0.15, 0.2) is 48.7 Å². The number of rotatable bonds is 5. The number of anilines is 1. The minimum Gasteiger partial charge on any atom is -0.486 e. The highest BCUT2D eigenvalue weighted by Crippen LogP contribution is 2.10. The topological polar surface area (TPSA) is 65.2 Å². The number of Topliss-reactive ketones (excluding diaryl/α,β-unsaturated/α-hetero) is 1. The molecule has 4 nitrogen and oxygen atoms in total. The van der Waals surface area contributed by atoms with Crippen molar-refractivity contribution in [2.24, 2.45) is 0 Å². The van der Waals surface area contributed by atoms with Gasteiger partial charge in [-0.05, 0) is 18.2 Å². The molecule has 1 aromatic heterocycles. The molecule has 1 heterocycles. The summed E-state index contributed by atoms with van der Waals surface area (Å²) in [6, 6.07) is 12.8. The van der Waals surface area contributed by atoms with E-state index in [-0.39, 0.29) is 18.8 Å². The van der Waals surface area contributed by atoms with Crippen LogP contribution in [0.3, 0.4) is 0 Å². The molecule has 0 saturated carbocycles. The van der Waals surface area contributed by atoms with Crippen LogP contribution in [0.2, 0.25) is 0 Å². The Balaban J connectivity index is 1.88. The highest BCUT2D eigenvalue weighted by atomic mass is 16.5. The first-order chi connectivity index (χ1) is 8.75. The van der Waals surface area contributed by atoms with Gasteiger partial charge in [-0.3, -0.25) is 4.79 Å². The highest BCUT2D eigenvalue weighted by molar-refractivity contribution is 5.83. The molecule has 2 N–H and O–H groups in total. The molecule has 0 unspecified atom stereocenters. The van der Waals surface area contributed by atoms with E-state index in [4.69, 9.17) is 10.5 Å². The molecule has 0 fully saturated rings. The van der Waals surface area contributed by atoms with Crippen LogP contribution in [0.4, 0.5) is 5.82 Å². The summed E-state index contributed by atoms with van der Waals surface area (Å²) < 4.78 is 5.37. The number of nitrogen functional groups attached to an aromatic ring is 1. The van der Waals surface area contributed by atoms with Crippen LogP contribution in [-0.4, -0.2) is 17.4 Å². The summed E-state index contributed by atoms with van der Waals surface area (Å²) in [5.41, 5.74) is 6.41. The third kappa shape index (κ3) is 3.31. The Morgan fingerprint density at radius 3 is 2.67 bits per heavy atom. The molecular formula is C14H14N2O2. The third-order valence-corrected chi connectivity index (χ3v) is 2.46. The number of carbonyl (C=O) groups is 1. The van der Waals surface area contributed by atoms with Crippen molar-refractivity contribution in [2.45, 2.75) is 6.42 Å². The van der Waals surface area contributed by atoms with Gasteiger partial charge in [0.1, 0.15) is 18.2 Å². The number of para-hydroxylation sites is 1. The van der Waals surface area contributed by atoms with Crippen molar-refractivity contribution in [1.29, 1.82) is 0 Å². The fraction of sp³-hybridized carbons (Fsp3) is 0.143. The summed E-state index contributed by atoms with van der Waals surface area (Å²) >= 11 is 0. The summed E-state index contributed by atoms with van der Waals surface area (Å²) in [6.07, 6.45) is 1.84. The molecule has 0 aliphatic heterocycles. The zero-order valence-electron chi connectivity index (χ0n) is 9.87. The zero-order valence-corrected chi connectivity index (χ0v) is 9.87. The van der Waals surface area contributed by atoms with Crippen LogP contribution in [0.25, 0.3) is 0 Å². The van der Waals surface area contributed by atoms with Gasteiger partial charge in [0.2, 0.25) is 0 Å². The molecule has 0 atom stereocenters. The van der Waals surface area contributed by atoms with E-state index < -0.39 is 0 Å². The van der Waals surface area contributed by atoms with Crippen molar-refractivity contribution in [3.63, 3.8) is 0 Å². The van der Waals surface area contributed by atoms with E-state index >= 15 is 0 Å². The van der Waals surface area contributed by atoms with Crippen molar-refractivity contribution >= 4 is 11.6 Å². The quantitative estimate of drug-likeness (QED) is 0.869. The maximum Gasteiger partial charge on any atom is 0.174 e. The number of aromatic nitrogens is 1. The second-order valence-corrected chi connectivity index (χ2v) is 3.86. The first-order valence-corrected chi connectivity index (χ1v) is 5.64. The summed E-state index contributed by atoms with van der Waals surface area (Å²) in [5, 5.41) is 0. The highest BCUT2D eigenvalue weighted by Gasteiger charge is 2.07. The van der Waals surface area contributed by atoms with Crippen LogP contribution >= 0.6 is 0 Å². The van der Waals surface area contributed by atoms with E-state index in [0.29, 0.717) is 11.6 Å². The van der Waals surface area contributed by atoms with Gasteiger partial charge in [0.05, 0.1) is 0 Å². The number of hydrogen-bond acceptors (Lipinski definition) is 4. The maximum absolute atomic E-state index is 11.7. The number of carbonyl (C=O) groups excluding carboxylic acids is 1. The fourth-order valence-electron chi connectivity index (χ4n) is 1.54. The van der Waals surface area contributed by atoms with E-state index in [9.17, 15) is 4.79 Å². The van der Waals surface area contributed by atoms with E-state index in [0.717, 1.165) is 5.56 Å². The van der Waals surface area contributed by atoms with Crippen molar-refractivity contribution in [2.75, 3.05) is 12.3 Å². The first kappa shape index (κ1) is 12.1. The monoisotopic (exact) mass is 242 g/mol. The van der Waals surface area contributed by atoms with Gasteiger partial charge in [-0.15, -0.1) is 0 Å². The summed E-state index contributed by atoms with van der Waals surface area (Å²) in [5.74, 6) is 1.05. The Morgan fingerprint density at radius 1 is 1.17 bits per heavy atom. The van der Waals surface area contributed by atoms with Crippen molar-refractivity contribution in [3.8, 4) is 5.75 Å². The van der Waals surface area contributed by atoms with Gasteiger partial charge in [0.15, 0.2) is 5.78 Å². The van der Waals surface area contributed by atoms with E-state index in [2.05, 4.69) is 4.98 Å². The maximum atomic E-state index is 11.7. The van der Waals surface area contributed by atoms with Gasteiger partial charge in [-0.25, -0.2) is 4.98 Å². The molecule has 0 aliphatic rings. The molecule has 0 radical (unpaired) electrons. The van der Waals surface area contributed by atoms with Gasteiger partial charge < -0.3 is 10.5 Å². The molecular weight excluding hydrogens is 228 g/mol. The van der Waals surface area contributed by atoms with Crippen molar-refractivity contribution < 1.29 is 9.53 Å². The molecule has 0 bridgehead atoms. The predicted molar refractivity (Wildman–Crippen MR) is 69.3 cm³/mol. The Bertz CT molecular complexity index is 526. The number of hydrogen-bond donors (Lipinski definition) is 1. The number of nitrogens with zero attached hydrogens (tertiary/aromatic N) is 1. The largest absolute Gasteiger partial charge is 0.486 e. The number of nitrogens with two attached hydrogens (primary N) is 1. The molecule has 2 aromatic rings. The average Bonchev–Trinajstić information content (AvgIpc) is 2.40. The molecule has 0 aliphatic carbocycles. The lowest BCUT2D eigenvalue weighted by molar-refractivity contribution is -0.120. The van der Waals surface area contributed by atoms with Gasteiger partial charge in [-0.2, -0.15) is 0 Å². The van der Waals surface area contributed by atoms with E-state index in [1.807, 2.05) is 30.3 Å². The molecule has 1 aromatic carbocycles. The molecule has 0 amide bonds. The number of pyridine rings is 1. The third-order valence-electron chi connectivity index (χ3n) is 2.46. The molecule has 92 valence electrons. The zero-order chi connectivity index (χ0) is 12.8. The Morgan fingerprint density at radius 2 is 1.94 bits per heavy atom. The molecule has 4 heteroatoms. The summed E-state index contributed by atoms with van der Waals surface area (Å²) in [4.78, 5) is 15.7. The Hall–Kier alpha value is -2.36. The molecule has 0 saturated heterocycles. The molecule has 2 rings (SSSR count). The normalized spacial score (nSPS) is 10.0. The molecule has 0 spiro atoms. The Labute approximate surface area is 105 Å².